The van der Waals surface area contributed by atoms with Gasteiger partial charge in [-0.1, -0.05) is 32.4 Å². The van der Waals surface area contributed by atoms with Crippen LogP contribution in [0.25, 0.3) is 0 Å². The molecule has 0 N–H and O–H groups in total. The first-order valence-electron chi connectivity index (χ1n) is 5.91. The molecule has 0 aliphatic carbocycles. The van der Waals surface area contributed by atoms with E-state index in [1.165, 1.54) is 5.57 Å². The van der Waals surface area contributed by atoms with Gasteiger partial charge in [0.15, 0.2) is 0 Å². The van der Waals surface area contributed by atoms with Gasteiger partial charge in [-0.3, -0.25) is 4.79 Å². The maximum atomic E-state index is 11.7. The molecule has 0 bridgehead atoms. The Morgan fingerprint density at radius 3 is 2.62 bits per heavy atom. The van der Waals surface area contributed by atoms with E-state index in [1.54, 1.807) is 7.11 Å². The van der Waals surface area contributed by atoms with Crippen molar-refractivity contribution in [2.45, 2.75) is 33.6 Å². The minimum Gasteiger partial charge on any atom is -0.384 e. The van der Waals surface area contributed by atoms with Gasteiger partial charge in [0.1, 0.15) is 0 Å². The lowest BCUT2D eigenvalue weighted by molar-refractivity contribution is -0.131. The molecule has 0 aromatic carbocycles. The van der Waals surface area contributed by atoms with Gasteiger partial charge in [0.05, 0.1) is 13.0 Å². The van der Waals surface area contributed by atoms with Gasteiger partial charge in [0, 0.05) is 20.2 Å². The SMILES string of the molecule is COCCC(=O)N1CC=C(C(C)(C)C)CC1. The molecule has 0 spiro atoms. The van der Waals surface area contributed by atoms with Crippen LogP contribution in [0.5, 0.6) is 0 Å². The van der Waals surface area contributed by atoms with Crippen LogP contribution in [0.3, 0.4) is 0 Å². The number of methoxy groups -OCH3 is 1. The third-order valence-corrected chi connectivity index (χ3v) is 3.05. The quantitative estimate of drug-likeness (QED) is 0.689. The molecule has 92 valence electrons. The monoisotopic (exact) mass is 225 g/mol. The Hall–Kier alpha value is -0.830. The van der Waals surface area contributed by atoms with Gasteiger partial charge in [0.25, 0.3) is 0 Å². The second kappa shape index (κ2) is 5.48. The van der Waals surface area contributed by atoms with Gasteiger partial charge < -0.3 is 9.64 Å². The highest BCUT2D eigenvalue weighted by molar-refractivity contribution is 5.76. The van der Waals surface area contributed by atoms with Crippen molar-refractivity contribution in [2.24, 2.45) is 5.41 Å². The number of ether oxygens (including phenoxy) is 1. The molecule has 0 atom stereocenters. The van der Waals surface area contributed by atoms with Crippen LogP contribution < -0.4 is 0 Å². The fourth-order valence-corrected chi connectivity index (χ4v) is 1.92. The third kappa shape index (κ3) is 3.63. The predicted molar refractivity (Wildman–Crippen MR) is 65.2 cm³/mol. The van der Waals surface area contributed by atoms with Crippen LogP contribution in [0.1, 0.15) is 33.6 Å². The number of carbonyl (C=O) groups is 1. The molecule has 3 heteroatoms. The first kappa shape index (κ1) is 13.2. The van der Waals surface area contributed by atoms with E-state index in [0.29, 0.717) is 13.0 Å². The summed E-state index contributed by atoms with van der Waals surface area (Å²) in [4.78, 5) is 13.6. The van der Waals surface area contributed by atoms with Gasteiger partial charge in [-0.25, -0.2) is 0 Å². The molecule has 1 amide bonds. The van der Waals surface area contributed by atoms with E-state index in [9.17, 15) is 4.79 Å². The van der Waals surface area contributed by atoms with Crippen molar-refractivity contribution in [3.05, 3.63) is 11.6 Å². The van der Waals surface area contributed by atoms with E-state index in [2.05, 4.69) is 26.8 Å². The molecule has 0 fully saturated rings. The largest absolute Gasteiger partial charge is 0.384 e. The van der Waals surface area contributed by atoms with Crippen LogP contribution in [-0.4, -0.2) is 37.6 Å². The van der Waals surface area contributed by atoms with E-state index in [-0.39, 0.29) is 11.3 Å². The van der Waals surface area contributed by atoms with Crippen molar-refractivity contribution in [3.63, 3.8) is 0 Å². The van der Waals surface area contributed by atoms with Crippen LogP contribution in [0.15, 0.2) is 11.6 Å². The minimum absolute atomic E-state index is 0.200. The molecule has 0 saturated carbocycles. The summed E-state index contributed by atoms with van der Waals surface area (Å²) in [5.41, 5.74) is 1.70. The summed E-state index contributed by atoms with van der Waals surface area (Å²) < 4.78 is 4.92. The topological polar surface area (TPSA) is 29.5 Å². The number of hydrogen-bond donors (Lipinski definition) is 0. The molecular weight excluding hydrogens is 202 g/mol. The molecule has 1 aliphatic heterocycles. The van der Waals surface area contributed by atoms with E-state index in [0.717, 1.165) is 19.5 Å². The Labute approximate surface area is 98.5 Å². The molecular formula is C13H23NO2. The highest BCUT2D eigenvalue weighted by Crippen LogP contribution is 2.30. The lowest BCUT2D eigenvalue weighted by atomic mass is 9.83. The predicted octanol–water partition coefficient (Wildman–Crippen LogP) is 2.23. The van der Waals surface area contributed by atoms with Gasteiger partial charge >= 0.3 is 0 Å². The van der Waals surface area contributed by atoms with Crippen molar-refractivity contribution in [1.82, 2.24) is 4.90 Å². The summed E-state index contributed by atoms with van der Waals surface area (Å²) in [6.07, 6.45) is 3.70. The highest BCUT2D eigenvalue weighted by Gasteiger charge is 2.23. The molecule has 0 aromatic heterocycles. The van der Waals surface area contributed by atoms with Crippen molar-refractivity contribution in [3.8, 4) is 0 Å². The Balaban J connectivity index is 2.48. The molecule has 0 aromatic rings. The second-order valence-electron chi connectivity index (χ2n) is 5.31. The van der Waals surface area contributed by atoms with E-state index in [1.807, 2.05) is 4.90 Å². The number of rotatable bonds is 3. The number of hydrogen-bond acceptors (Lipinski definition) is 2. The number of nitrogens with zero attached hydrogens (tertiary/aromatic N) is 1. The van der Waals surface area contributed by atoms with Crippen molar-refractivity contribution in [2.75, 3.05) is 26.8 Å². The van der Waals surface area contributed by atoms with Crippen LogP contribution in [0.2, 0.25) is 0 Å². The lowest BCUT2D eigenvalue weighted by Crippen LogP contribution is -2.36. The van der Waals surface area contributed by atoms with E-state index >= 15 is 0 Å². The zero-order chi connectivity index (χ0) is 12.2. The van der Waals surface area contributed by atoms with Crippen LogP contribution in [0, 0.1) is 5.41 Å². The molecule has 0 unspecified atom stereocenters. The molecule has 1 heterocycles. The van der Waals surface area contributed by atoms with Gasteiger partial charge in [-0.05, 0) is 11.8 Å². The van der Waals surface area contributed by atoms with Crippen LogP contribution in [0.4, 0.5) is 0 Å². The Kier molecular flexibility index (Phi) is 4.54. The average molecular weight is 225 g/mol. The van der Waals surface area contributed by atoms with E-state index < -0.39 is 0 Å². The Bertz CT molecular complexity index is 276. The minimum atomic E-state index is 0.200. The van der Waals surface area contributed by atoms with Crippen molar-refractivity contribution < 1.29 is 9.53 Å². The fourth-order valence-electron chi connectivity index (χ4n) is 1.92. The Morgan fingerprint density at radius 1 is 1.50 bits per heavy atom. The average Bonchev–Trinajstić information content (AvgIpc) is 2.25. The maximum Gasteiger partial charge on any atom is 0.225 e. The molecule has 0 saturated heterocycles. The van der Waals surface area contributed by atoms with Gasteiger partial charge in [0.2, 0.25) is 5.91 Å². The number of amides is 1. The first-order valence-corrected chi connectivity index (χ1v) is 5.91. The molecule has 3 nitrogen and oxygen atoms in total. The summed E-state index contributed by atoms with van der Waals surface area (Å²) >= 11 is 0. The van der Waals surface area contributed by atoms with Crippen LogP contribution in [-0.2, 0) is 9.53 Å². The number of carbonyl (C=O) groups excluding carboxylic acids is 1. The molecule has 1 aliphatic rings. The molecule has 1 rings (SSSR count). The summed E-state index contributed by atoms with van der Waals surface area (Å²) in [6, 6.07) is 0. The fraction of sp³-hybridized carbons (Fsp3) is 0.769. The smallest absolute Gasteiger partial charge is 0.225 e. The standard InChI is InChI=1S/C13H23NO2/c1-13(2,3)11-5-8-14(9-6-11)12(15)7-10-16-4/h5H,6-10H2,1-4H3. The second-order valence-corrected chi connectivity index (χ2v) is 5.31. The van der Waals surface area contributed by atoms with Crippen LogP contribution >= 0.6 is 0 Å². The maximum absolute atomic E-state index is 11.7. The summed E-state index contributed by atoms with van der Waals surface area (Å²) in [5, 5.41) is 0. The lowest BCUT2D eigenvalue weighted by Gasteiger charge is -2.32. The van der Waals surface area contributed by atoms with E-state index in [4.69, 9.17) is 4.74 Å². The third-order valence-electron chi connectivity index (χ3n) is 3.05. The van der Waals surface area contributed by atoms with Crippen molar-refractivity contribution >= 4 is 5.91 Å². The summed E-state index contributed by atoms with van der Waals surface area (Å²) in [6.45, 7) is 8.80. The highest BCUT2D eigenvalue weighted by atomic mass is 16.5. The Morgan fingerprint density at radius 2 is 2.19 bits per heavy atom. The zero-order valence-corrected chi connectivity index (χ0v) is 10.9. The molecule has 16 heavy (non-hydrogen) atoms. The zero-order valence-electron chi connectivity index (χ0n) is 10.9. The van der Waals surface area contributed by atoms with Gasteiger partial charge in [-0.2, -0.15) is 0 Å². The normalized spacial score (nSPS) is 17.2. The summed E-state index contributed by atoms with van der Waals surface area (Å²) in [7, 11) is 1.63. The summed E-state index contributed by atoms with van der Waals surface area (Å²) in [5.74, 6) is 0.200. The van der Waals surface area contributed by atoms with Gasteiger partial charge in [-0.15, -0.1) is 0 Å². The first-order chi connectivity index (χ1) is 7.45. The molecule has 0 radical (unpaired) electrons. The van der Waals surface area contributed by atoms with Crippen molar-refractivity contribution in [1.29, 1.82) is 0 Å².